The van der Waals surface area contributed by atoms with Crippen LogP contribution in [0, 0.1) is 13.8 Å². The zero-order valence-corrected chi connectivity index (χ0v) is 21.5. The third kappa shape index (κ3) is 3.61. The first-order chi connectivity index (χ1) is 17.5. The zero-order valence-electron chi connectivity index (χ0n) is 20.7. The quantitative estimate of drug-likeness (QED) is 0.535. The van der Waals surface area contributed by atoms with E-state index in [-0.39, 0.29) is 17.6 Å². The molecule has 0 bridgehead atoms. The summed E-state index contributed by atoms with van der Waals surface area (Å²) in [4.78, 5) is 34.9. The Hall–Kier alpha value is -3.29. The molecule has 6 nitrogen and oxygen atoms in total. The number of rotatable bonds is 4. The maximum absolute atomic E-state index is 14.3. The van der Waals surface area contributed by atoms with Crippen molar-refractivity contribution in [1.82, 2.24) is 4.90 Å². The first kappa shape index (κ1) is 23.1. The van der Waals surface area contributed by atoms with E-state index in [2.05, 4.69) is 41.0 Å². The van der Waals surface area contributed by atoms with Gasteiger partial charge in [-0.25, -0.2) is 0 Å². The molecule has 1 atom stereocenters. The summed E-state index contributed by atoms with van der Waals surface area (Å²) in [5.41, 5.74) is 6.12. The number of nitrogens with zero attached hydrogens (tertiary/aromatic N) is 4. The lowest BCUT2D eigenvalue weighted by Crippen LogP contribution is -2.54. The molecule has 184 valence electrons. The van der Waals surface area contributed by atoms with Gasteiger partial charge in [-0.3, -0.25) is 24.3 Å². The number of hydrogen-bond acceptors (Lipinski definition) is 5. The van der Waals surface area contributed by atoms with Crippen LogP contribution in [0.4, 0.5) is 17.1 Å². The van der Waals surface area contributed by atoms with Crippen LogP contribution in [0.15, 0.2) is 72.8 Å². The highest BCUT2D eigenvalue weighted by Crippen LogP contribution is 2.55. The third-order valence-corrected chi connectivity index (χ3v) is 9.03. The fourth-order valence-electron chi connectivity index (χ4n) is 5.55. The Labute approximate surface area is 216 Å². The topological polar surface area (TPSA) is 47.1 Å². The van der Waals surface area contributed by atoms with Gasteiger partial charge in [0.1, 0.15) is 0 Å². The minimum Gasteiger partial charge on any atom is -0.369 e. The lowest BCUT2D eigenvalue weighted by molar-refractivity contribution is -0.124. The first-order valence-electron chi connectivity index (χ1n) is 12.5. The number of carbonyl (C=O) groups is 2. The van der Waals surface area contributed by atoms with Gasteiger partial charge < -0.3 is 4.90 Å². The molecule has 0 aliphatic carbocycles. The number of anilines is 3. The number of para-hydroxylation sites is 2. The Bertz CT molecular complexity index is 1320. The van der Waals surface area contributed by atoms with E-state index in [4.69, 9.17) is 0 Å². The zero-order chi connectivity index (χ0) is 24.9. The summed E-state index contributed by atoms with van der Waals surface area (Å²) in [5.74, 6) is 0.240. The Morgan fingerprint density at radius 3 is 2.28 bits per heavy atom. The van der Waals surface area contributed by atoms with E-state index in [0.717, 1.165) is 48.7 Å². The van der Waals surface area contributed by atoms with Crippen molar-refractivity contribution in [3.63, 3.8) is 0 Å². The van der Waals surface area contributed by atoms with Gasteiger partial charge in [0.25, 0.3) is 5.91 Å². The van der Waals surface area contributed by atoms with E-state index in [1.807, 2.05) is 60.4 Å². The van der Waals surface area contributed by atoms with Gasteiger partial charge in [-0.15, -0.1) is 11.8 Å². The van der Waals surface area contributed by atoms with Crippen molar-refractivity contribution < 1.29 is 9.59 Å². The van der Waals surface area contributed by atoms with Crippen LogP contribution >= 0.6 is 11.8 Å². The molecule has 3 aliphatic rings. The summed E-state index contributed by atoms with van der Waals surface area (Å²) < 4.78 is 0. The van der Waals surface area contributed by atoms with Crippen molar-refractivity contribution in [3.8, 4) is 0 Å². The highest BCUT2D eigenvalue weighted by Gasteiger charge is 2.61. The van der Waals surface area contributed by atoms with Gasteiger partial charge in [-0.05, 0) is 55.3 Å². The average Bonchev–Trinajstić information content (AvgIpc) is 3.37. The van der Waals surface area contributed by atoms with Gasteiger partial charge in [0.05, 0.1) is 18.1 Å². The van der Waals surface area contributed by atoms with E-state index < -0.39 is 4.87 Å². The number of fused-ring (bicyclic) bond motifs is 2. The molecule has 3 heterocycles. The summed E-state index contributed by atoms with van der Waals surface area (Å²) in [6, 6.07) is 24.5. The summed E-state index contributed by atoms with van der Waals surface area (Å²) in [7, 11) is 0. The van der Waals surface area contributed by atoms with Gasteiger partial charge in [-0.2, -0.15) is 0 Å². The first-order valence-corrected chi connectivity index (χ1v) is 13.5. The predicted molar refractivity (Wildman–Crippen MR) is 147 cm³/mol. The fraction of sp³-hybridized carbons (Fsp3) is 0.310. The molecule has 6 rings (SSSR count). The molecule has 3 aromatic rings. The molecule has 0 saturated carbocycles. The Morgan fingerprint density at radius 2 is 1.53 bits per heavy atom. The van der Waals surface area contributed by atoms with Crippen molar-refractivity contribution in [2.24, 2.45) is 0 Å². The van der Waals surface area contributed by atoms with Crippen LogP contribution in [0.5, 0.6) is 0 Å². The molecular formula is C29H30N4O2S. The van der Waals surface area contributed by atoms with Crippen molar-refractivity contribution in [3.05, 3.63) is 89.5 Å². The van der Waals surface area contributed by atoms with E-state index in [1.54, 1.807) is 4.90 Å². The van der Waals surface area contributed by atoms with Crippen molar-refractivity contribution in [2.45, 2.75) is 18.7 Å². The van der Waals surface area contributed by atoms with Crippen LogP contribution < -0.4 is 14.7 Å². The maximum Gasteiger partial charge on any atom is 0.269 e. The molecule has 7 heteroatoms. The smallest absolute Gasteiger partial charge is 0.269 e. The molecule has 0 radical (unpaired) electrons. The molecule has 2 saturated heterocycles. The van der Waals surface area contributed by atoms with Gasteiger partial charge >= 0.3 is 0 Å². The fourth-order valence-corrected chi connectivity index (χ4v) is 6.91. The number of thioether (sulfide) groups is 1. The molecule has 3 aromatic carbocycles. The standard InChI is InChI=1S/C29H30N4O2S/c1-21-12-13-24(18-22(21)2)33-27(34)19-36-29(33)25-10-6-7-11-26(25)32(28(29)35)20-30-14-16-31(17-15-30)23-8-4-3-5-9-23/h3-13,18H,14-17,19-20H2,1-2H3/t29-/m0/s1. The van der Waals surface area contributed by atoms with Gasteiger partial charge in [0.15, 0.2) is 0 Å². The van der Waals surface area contributed by atoms with Crippen molar-refractivity contribution in [2.75, 3.05) is 53.3 Å². The number of carbonyl (C=O) groups excluding carboxylic acids is 2. The molecular weight excluding hydrogens is 468 g/mol. The number of aryl methyl sites for hydroxylation is 2. The largest absolute Gasteiger partial charge is 0.369 e. The van der Waals surface area contributed by atoms with Gasteiger partial charge in [0, 0.05) is 43.1 Å². The summed E-state index contributed by atoms with van der Waals surface area (Å²) >= 11 is 1.45. The number of amides is 2. The normalized spacial score (nSPS) is 22.1. The number of piperazine rings is 1. The van der Waals surface area contributed by atoms with E-state index in [0.29, 0.717) is 6.67 Å². The third-order valence-electron chi connectivity index (χ3n) is 7.65. The molecule has 3 aliphatic heterocycles. The van der Waals surface area contributed by atoms with E-state index >= 15 is 0 Å². The summed E-state index contributed by atoms with van der Waals surface area (Å²) in [6.45, 7) is 8.22. The summed E-state index contributed by atoms with van der Waals surface area (Å²) in [6.07, 6.45) is 0. The minimum absolute atomic E-state index is 0.0234. The Morgan fingerprint density at radius 1 is 0.806 bits per heavy atom. The lowest BCUT2D eigenvalue weighted by Gasteiger charge is -2.38. The number of benzene rings is 3. The minimum atomic E-state index is -1.05. The predicted octanol–water partition coefficient (Wildman–Crippen LogP) is 4.36. The van der Waals surface area contributed by atoms with Crippen LogP contribution in [-0.2, 0) is 14.5 Å². The van der Waals surface area contributed by atoms with Crippen LogP contribution in [0.25, 0.3) is 0 Å². The second kappa shape index (κ2) is 8.98. The highest BCUT2D eigenvalue weighted by atomic mass is 32.2. The molecule has 2 fully saturated rings. The SMILES string of the molecule is Cc1ccc(N2C(=O)CS[C@@]23C(=O)N(CN2CCN(c4ccccc4)CC2)c2ccccc23)cc1C. The Kier molecular flexibility index (Phi) is 5.77. The van der Waals surface area contributed by atoms with Crippen LogP contribution in [0.3, 0.4) is 0 Å². The second-order valence-electron chi connectivity index (χ2n) is 9.76. The van der Waals surface area contributed by atoms with Crippen LogP contribution in [0.2, 0.25) is 0 Å². The Balaban J connectivity index is 1.29. The molecule has 0 unspecified atom stereocenters. The molecule has 36 heavy (non-hydrogen) atoms. The lowest BCUT2D eigenvalue weighted by atomic mass is 10.0. The highest BCUT2D eigenvalue weighted by molar-refractivity contribution is 8.02. The van der Waals surface area contributed by atoms with Gasteiger partial charge in [-0.1, -0.05) is 42.5 Å². The molecule has 1 spiro atoms. The van der Waals surface area contributed by atoms with E-state index in [9.17, 15) is 9.59 Å². The van der Waals surface area contributed by atoms with Crippen molar-refractivity contribution >= 4 is 40.6 Å². The number of hydrogen-bond donors (Lipinski definition) is 0. The molecule has 0 aromatic heterocycles. The van der Waals surface area contributed by atoms with E-state index in [1.165, 1.54) is 23.0 Å². The molecule has 2 amide bonds. The van der Waals surface area contributed by atoms with Gasteiger partial charge in [0.2, 0.25) is 10.8 Å². The maximum atomic E-state index is 14.3. The second-order valence-corrected chi connectivity index (χ2v) is 10.9. The monoisotopic (exact) mass is 498 g/mol. The van der Waals surface area contributed by atoms with Crippen LogP contribution in [0.1, 0.15) is 16.7 Å². The molecule has 0 N–H and O–H groups in total. The average molecular weight is 499 g/mol. The summed E-state index contributed by atoms with van der Waals surface area (Å²) in [5, 5.41) is 0. The van der Waals surface area contributed by atoms with Crippen molar-refractivity contribution in [1.29, 1.82) is 0 Å². The van der Waals surface area contributed by atoms with Crippen LogP contribution in [-0.4, -0.2) is 55.3 Å².